The molecule has 8 heterocycles. The van der Waals surface area contributed by atoms with Crippen LogP contribution in [0.4, 0.5) is 0 Å². The van der Waals surface area contributed by atoms with Crippen molar-refractivity contribution in [3.63, 3.8) is 0 Å². The van der Waals surface area contributed by atoms with Crippen LogP contribution in [0.2, 0.25) is 0 Å². The standard InChI is InChI=1S/C63H102N10O52S8/c1-16-17-18-19-102-56-37(67-11)25(3)41(33(111-56)20-103-126(74,75)76)115-61-53(123-131(89,90)91)49(99-13)46(30(8)108-61)119-58-39(69-72-65)27(5)43(35(113-58)22-105-128(80,81)82)117-63-55(125-133(95,96)97)51(101-15)48(32(10)110-63)121-59-40(70-73-66)28(6)44(36(114-59)23-106-129(83,84)85)118-62-54(124-132(92,93)94)50(100-14)47(31(9)109-62)120-57-38(68-71-64)26(4)42(34(112-57)21-104-127(77,78)79)116-60-52(122-130(86,87)88)45(98-12)24(2)29(7)107-60/h24-63,67H,20-23H2,1-15H3,(H,74,75,76)(H,77,78,79)(H,80,81,82)(H,83,84,85)(H,86,87,88)(H,89,90,91)(H,92,93,94)(H,95,96,97)/t24-,25-,26-,27-,28-,29?,30?,31?,32?,33?,34?,35?,36?,37?,38?,39?,40?,41+,42+,43+,44+,45?,46+,47+,48-,49?,50?,51?,52+,53+,54+,55+,56-,57+,58-,59-,60+,61+,62+,63+/m1/s1. The Balaban J connectivity index is 1.08. The van der Waals surface area contributed by atoms with Gasteiger partial charge in [-0.25, -0.2) is 33.5 Å². The number of nitrogens with one attached hydrogen (secondary N) is 1. The number of ether oxygens (including phenoxy) is 20. The maximum atomic E-state index is 13.1. The molecule has 0 radical (unpaired) electrons. The maximum absolute atomic E-state index is 13.1. The van der Waals surface area contributed by atoms with Gasteiger partial charge in [0.05, 0.1) is 106 Å². The minimum absolute atomic E-state index is 0.683. The summed E-state index contributed by atoms with van der Waals surface area (Å²) in [7, 11) is -38.9. The molecule has 764 valence electrons. The van der Waals surface area contributed by atoms with Gasteiger partial charge in [0.1, 0.15) is 67.1 Å². The van der Waals surface area contributed by atoms with Crippen molar-refractivity contribution >= 4 is 83.2 Å². The number of hydrogen-bond acceptors (Lipinski definition) is 48. The van der Waals surface area contributed by atoms with Crippen LogP contribution in [-0.4, -0.2) is 381 Å². The average molecular weight is 2090 g/mol. The summed E-state index contributed by atoms with van der Waals surface area (Å²) in [5.41, 5.74) is 30.4. The second-order valence-corrected chi connectivity index (χ2v) is 39.3. The number of likely N-dealkylation sites (N-methyl/N-ethyl adjacent to an activating group) is 1. The van der Waals surface area contributed by atoms with E-state index in [-0.39, 0.29) is 0 Å². The van der Waals surface area contributed by atoms with Gasteiger partial charge in [-0.1, -0.05) is 55.9 Å². The fraction of sp³-hybridized carbons (Fsp3) is 0.937. The predicted octanol–water partition coefficient (Wildman–Crippen LogP) is -1.54. The third-order valence-corrected chi connectivity index (χ3v) is 26.0. The van der Waals surface area contributed by atoms with Crippen LogP contribution in [0.25, 0.3) is 31.3 Å². The molecule has 40 atom stereocenters. The Kier molecular flexibility index (Phi) is 40.5. The first-order chi connectivity index (χ1) is 61.7. The third-order valence-electron chi connectivity index (χ3n) is 22.4. The number of methoxy groups -OCH3 is 4. The summed E-state index contributed by atoms with van der Waals surface area (Å²) in [5, 5.41) is 14.3. The lowest BCUT2D eigenvalue weighted by atomic mass is 9.87. The van der Waals surface area contributed by atoms with Crippen LogP contribution in [0.1, 0.15) is 69.2 Å². The normalized spacial score (nSPS) is 40.2. The summed E-state index contributed by atoms with van der Waals surface area (Å²) < 4.78 is 441. The Morgan fingerprint density at radius 3 is 0.797 bits per heavy atom. The van der Waals surface area contributed by atoms with Crippen molar-refractivity contribution in [2.24, 2.45) is 44.9 Å². The lowest BCUT2D eigenvalue weighted by molar-refractivity contribution is -0.376. The van der Waals surface area contributed by atoms with E-state index in [0.717, 1.165) is 35.4 Å². The van der Waals surface area contributed by atoms with E-state index >= 15 is 0 Å². The SMILES string of the molecule is CC#CC#CO[C@@H]1OC(COS(=O)(=O)O)[C@@H](O[C@@H]2OC(C)[C@H](O[C@H]3OC(COS(=O)(=O)O)[C@@H](O[C@@H]4OC(C)[C@@H](O[C@H]5OC(COS(=O)(=O)O)[C@@H](O[C@@H]6OC(C)[C@H](O[C@@H]7OC(COS(=O)(=O)O)[C@@H](O[C@@H]8OC(C)[C@@H](C)C(OC)[C@@H]8OS(=O)(=O)O)[C@H](C)C7N=[N+]=[N-])C(OC)[C@@H]6OS(=O)(=O)O)[C@H](C)C5N=[N+]=[N-])C(OC)[C@@H]4OS(=O)(=O)O)[C@H](C)C3N=[N+]=[N-])C(OC)[C@@H]2OS(=O)(=O)O)[C@H](C)C1NC. The fourth-order valence-corrected chi connectivity index (χ4v) is 19.5. The fourth-order valence-electron chi connectivity index (χ4n) is 16.4. The Labute approximate surface area is 762 Å². The zero-order chi connectivity index (χ0) is 99.5. The number of azide groups is 3. The van der Waals surface area contributed by atoms with Crippen LogP contribution in [0.5, 0.6) is 0 Å². The molecule has 0 aromatic rings. The van der Waals surface area contributed by atoms with Crippen LogP contribution in [-0.2, 0) is 211 Å². The maximum Gasteiger partial charge on any atom is 0.397 e. The van der Waals surface area contributed by atoms with Gasteiger partial charge in [0.2, 0.25) is 6.29 Å². The van der Waals surface area contributed by atoms with E-state index in [0.29, 0.717) is 0 Å². The van der Waals surface area contributed by atoms with E-state index in [1.807, 2.05) is 0 Å². The highest BCUT2D eigenvalue weighted by Gasteiger charge is 2.62. The van der Waals surface area contributed by atoms with Crippen molar-refractivity contribution in [1.29, 1.82) is 0 Å². The smallest absolute Gasteiger partial charge is 0.397 e. The molecule has 8 fully saturated rings. The minimum atomic E-state index is -5.83. The van der Waals surface area contributed by atoms with Gasteiger partial charge < -0.3 is 100 Å². The van der Waals surface area contributed by atoms with Crippen molar-refractivity contribution in [3.05, 3.63) is 31.3 Å². The second kappa shape index (κ2) is 47.5. The molecule has 0 aromatic carbocycles. The van der Waals surface area contributed by atoms with E-state index in [9.17, 15) is 120 Å². The van der Waals surface area contributed by atoms with Gasteiger partial charge in [-0.05, 0) is 81.9 Å². The molecule has 0 spiro atoms. The summed E-state index contributed by atoms with van der Waals surface area (Å²) in [5.74, 6) is 1.25. The Morgan fingerprint density at radius 1 is 0.308 bits per heavy atom. The van der Waals surface area contributed by atoms with Crippen molar-refractivity contribution in [2.75, 3.05) is 61.9 Å². The highest BCUT2D eigenvalue weighted by atomic mass is 32.3. The van der Waals surface area contributed by atoms with E-state index < -0.39 is 354 Å². The van der Waals surface area contributed by atoms with Crippen molar-refractivity contribution in [3.8, 4) is 23.9 Å². The minimum Gasteiger partial charge on any atom is -0.412 e. The highest BCUT2D eigenvalue weighted by Crippen LogP contribution is 2.46. The van der Waals surface area contributed by atoms with Gasteiger partial charge in [-0.3, -0.25) is 36.4 Å². The lowest BCUT2D eigenvalue weighted by Crippen LogP contribution is -2.67. The molecule has 8 aliphatic heterocycles. The van der Waals surface area contributed by atoms with Crippen LogP contribution in [0.15, 0.2) is 15.3 Å². The van der Waals surface area contributed by atoms with Gasteiger partial charge >= 0.3 is 83.2 Å². The molecule has 8 aliphatic rings. The summed E-state index contributed by atoms with van der Waals surface area (Å²) in [4.78, 5) is 8.62. The first kappa shape index (κ1) is 113. The molecule has 0 aromatic heterocycles. The summed E-state index contributed by atoms with van der Waals surface area (Å²) >= 11 is 0. The molecule has 62 nitrogen and oxygen atoms in total. The Bertz CT molecular complexity index is 5170. The van der Waals surface area contributed by atoms with E-state index in [1.165, 1.54) is 62.4 Å². The van der Waals surface area contributed by atoms with Crippen LogP contribution in [0, 0.1) is 53.5 Å². The molecule has 0 saturated carbocycles. The van der Waals surface area contributed by atoms with Crippen LogP contribution < -0.4 is 5.32 Å². The molecule has 0 amide bonds. The van der Waals surface area contributed by atoms with E-state index in [4.69, 9.17) is 120 Å². The van der Waals surface area contributed by atoms with Crippen molar-refractivity contribution < 1.29 is 232 Å². The van der Waals surface area contributed by atoms with Gasteiger partial charge in [0.25, 0.3) is 0 Å². The first-order valence-corrected chi connectivity index (χ1v) is 50.1. The van der Waals surface area contributed by atoms with Gasteiger partial charge in [-0.15, -0.1) is 0 Å². The van der Waals surface area contributed by atoms with Gasteiger partial charge in [0.15, 0.2) is 68.4 Å². The van der Waals surface area contributed by atoms with Crippen LogP contribution in [0.3, 0.4) is 0 Å². The van der Waals surface area contributed by atoms with Gasteiger partial charge in [0, 0.05) is 60.9 Å². The molecule has 133 heavy (non-hydrogen) atoms. The summed E-state index contributed by atoms with van der Waals surface area (Å²) in [6, 6.07) is -6.37. The summed E-state index contributed by atoms with van der Waals surface area (Å²) in [6.45, 7) is 8.44. The molecule has 16 unspecified atom stereocenters. The predicted molar refractivity (Wildman–Crippen MR) is 425 cm³/mol. The quantitative estimate of drug-likeness (QED) is 0.0110. The Morgan fingerprint density at radius 2 is 0.556 bits per heavy atom. The van der Waals surface area contributed by atoms with Crippen molar-refractivity contribution in [1.82, 2.24) is 5.32 Å². The number of hydrogen-bond donors (Lipinski definition) is 9. The first-order valence-electron chi connectivity index (χ1n) is 39.2. The highest BCUT2D eigenvalue weighted by molar-refractivity contribution is 7.82. The number of rotatable bonds is 43. The van der Waals surface area contributed by atoms with Gasteiger partial charge in [-0.2, -0.15) is 67.3 Å². The largest absolute Gasteiger partial charge is 0.412 e. The van der Waals surface area contributed by atoms with E-state index in [2.05, 4.69) is 67.6 Å². The lowest BCUT2D eigenvalue weighted by Gasteiger charge is -2.52. The zero-order valence-electron chi connectivity index (χ0n) is 72.3. The molecular formula is C63H102N10O52S8. The molecule has 8 saturated heterocycles. The summed E-state index contributed by atoms with van der Waals surface area (Å²) in [6.07, 6.45) is -56.0. The molecule has 8 rings (SSSR count). The molecule has 0 aliphatic carbocycles. The molecular weight excluding hydrogens is 1990 g/mol. The molecule has 9 N–H and O–H groups in total. The van der Waals surface area contributed by atoms with Crippen LogP contribution >= 0.6 is 0 Å². The molecule has 0 bridgehead atoms. The Hall–Kier alpha value is -4.99. The number of nitrogens with zero attached hydrogens (tertiary/aromatic N) is 9. The topological polar surface area (TPSA) is 852 Å². The van der Waals surface area contributed by atoms with E-state index in [1.54, 1.807) is 6.92 Å². The van der Waals surface area contributed by atoms with Crippen molar-refractivity contribution in [2.45, 2.75) is 284 Å². The second-order valence-electron chi connectivity index (χ2n) is 30.7. The molecule has 70 heteroatoms. The monoisotopic (exact) mass is 2090 g/mol. The third kappa shape index (κ3) is 31.3. The average Bonchev–Trinajstić information content (AvgIpc) is 0.764. The zero-order valence-corrected chi connectivity index (χ0v) is 78.8.